The fourth-order valence-corrected chi connectivity index (χ4v) is 1.83. The number of nitrogens with one attached hydrogen (secondary N) is 1. The van der Waals surface area contributed by atoms with Crippen LogP contribution in [0.5, 0.6) is 5.75 Å². The van der Waals surface area contributed by atoms with Crippen molar-refractivity contribution in [2.24, 2.45) is 0 Å². The quantitative estimate of drug-likeness (QED) is 0.845. The minimum Gasteiger partial charge on any atom is -0.508 e. The summed E-state index contributed by atoms with van der Waals surface area (Å²) in [5.41, 5.74) is 2.04. The van der Waals surface area contributed by atoms with Gasteiger partial charge in [-0.2, -0.15) is 4.98 Å². The van der Waals surface area contributed by atoms with E-state index in [0.29, 0.717) is 18.0 Å². The van der Waals surface area contributed by atoms with Crippen LogP contribution in [0.1, 0.15) is 29.9 Å². The zero-order chi connectivity index (χ0) is 13.0. The lowest BCUT2D eigenvalue weighted by Gasteiger charge is -2.15. The summed E-state index contributed by atoms with van der Waals surface area (Å²) in [5, 5.41) is 16.9. The predicted molar refractivity (Wildman–Crippen MR) is 67.3 cm³/mol. The topological polar surface area (TPSA) is 71.2 Å². The molecule has 0 bridgehead atoms. The number of aryl methyl sites for hydroxylation is 1. The Hall–Kier alpha value is -1.88. The number of hydrogen-bond acceptors (Lipinski definition) is 5. The van der Waals surface area contributed by atoms with E-state index in [1.54, 1.807) is 6.07 Å². The maximum absolute atomic E-state index is 9.81. The molecular formula is C13H17N3O2. The Morgan fingerprint density at radius 3 is 3.00 bits per heavy atom. The molecule has 2 N–H and O–H groups in total. The highest BCUT2D eigenvalue weighted by molar-refractivity contribution is 5.37. The van der Waals surface area contributed by atoms with E-state index in [9.17, 15) is 5.11 Å². The van der Waals surface area contributed by atoms with Crippen LogP contribution in [0.4, 0.5) is 0 Å². The summed E-state index contributed by atoms with van der Waals surface area (Å²) in [5.74, 6) is 1.00. The summed E-state index contributed by atoms with van der Waals surface area (Å²) in [6, 6.07) is 5.69. The van der Waals surface area contributed by atoms with Gasteiger partial charge in [0.05, 0.1) is 0 Å². The van der Waals surface area contributed by atoms with Crippen molar-refractivity contribution >= 4 is 0 Å². The highest BCUT2D eigenvalue weighted by Gasteiger charge is 2.10. The molecule has 0 fully saturated rings. The van der Waals surface area contributed by atoms with Crippen molar-refractivity contribution in [2.45, 2.75) is 26.3 Å². The van der Waals surface area contributed by atoms with Gasteiger partial charge in [-0.15, -0.1) is 0 Å². The van der Waals surface area contributed by atoms with Crippen molar-refractivity contribution in [1.29, 1.82) is 0 Å². The lowest BCUT2D eigenvalue weighted by Crippen LogP contribution is -2.21. The molecule has 0 radical (unpaired) electrons. The number of rotatable bonds is 5. The minimum atomic E-state index is 0.0804. The first-order valence-corrected chi connectivity index (χ1v) is 5.95. The lowest BCUT2D eigenvalue weighted by molar-refractivity contribution is 0.408. The molecule has 18 heavy (non-hydrogen) atoms. The van der Waals surface area contributed by atoms with E-state index < -0.39 is 0 Å². The first-order chi connectivity index (χ1) is 8.66. The van der Waals surface area contributed by atoms with Crippen LogP contribution in [-0.4, -0.2) is 21.8 Å². The van der Waals surface area contributed by atoms with Gasteiger partial charge in [0.15, 0.2) is 5.82 Å². The fraction of sp³-hybridized carbons (Fsp3) is 0.385. The zero-order valence-corrected chi connectivity index (χ0v) is 10.6. The number of phenolic OH excluding ortho intramolecular Hbond substituents is 1. The molecule has 5 heteroatoms. The van der Waals surface area contributed by atoms with E-state index in [2.05, 4.69) is 20.0 Å². The van der Waals surface area contributed by atoms with Gasteiger partial charge in [-0.1, -0.05) is 22.9 Å². The average molecular weight is 247 g/mol. The molecule has 1 atom stereocenters. The summed E-state index contributed by atoms with van der Waals surface area (Å²) < 4.78 is 4.66. The van der Waals surface area contributed by atoms with E-state index in [-0.39, 0.29) is 6.04 Å². The van der Waals surface area contributed by atoms with E-state index in [4.69, 9.17) is 0 Å². The van der Waals surface area contributed by atoms with Crippen molar-refractivity contribution in [3.8, 4) is 5.75 Å². The molecule has 5 nitrogen and oxygen atoms in total. The summed E-state index contributed by atoms with van der Waals surface area (Å²) in [4.78, 5) is 3.95. The fourth-order valence-electron chi connectivity index (χ4n) is 1.83. The zero-order valence-electron chi connectivity index (χ0n) is 10.6. The van der Waals surface area contributed by atoms with Gasteiger partial charge >= 0.3 is 0 Å². The van der Waals surface area contributed by atoms with Gasteiger partial charge in [0.25, 0.3) is 0 Å². The Balaban J connectivity index is 1.91. The van der Waals surface area contributed by atoms with Crippen molar-refractivity contribution in [3.05, 3.63) is 41.5 Å². The van der Waals surface area contributed by atoms with Gasteiger partial charge in [-0.25, -0.2) is 0 Å². The second-order valence-corrected chi connectivity index (χ2v) is 4.34. The van der Waals surface area contributed by atoms with Gasteiger partial charge in [0.1, 0.15) is 5.75 Å². The number of benzene rings is 1. The van der Waals surface area contributed by atoms with Crippen LogP contribution in [0, 0.1) is 6.92 Å². The van der Waals surface area contributed by atoms with Gasteiger partial charge in [0, 0.05) is 24.6 Å². The molecule has 0 saturated heterocycles. The van der Waals surface area contributed by atoms with Crippen LogP contribution in [0.3, 0.4) is 0 Å². The van der Waals surface area contributed by atoms with Crippen molar-refractivity contribution in [1.82, 2.24) is 15.5 Å². The Bertz CT molecular complexity index is 497. The first kappa shape index (κ1) is 12.6. The maximum Gasteiger partial charge on any atom is 0.213 e. The molecular weight excluding hydrogens is 230 g/mol. The highest BCUT2D eigenvalue weighted by atomic mass is 16.5. The summed E-state index contributed by atoms with van der Waals surface area (Å²) >= 11 is 0. The van der Waals surface area contributed by atoms with Crippen LogP contribution in [0.25, 0.3) is 0 Å². The normalized spacial score (nSPS) is 12.6. The van der Waals surface area contributed by atoms with Crippen molar-refractivity contribution < 1.29 is 9.63 Å². The smallest absolute Gasteiger partial charge is 0.213 e. The molecule has 0 spiro atoms. The van der Waals surface area contributed by atoms with Crippen LogP contribution in [-0.2, 0) is 6.42 Å². The molecule has 96 valence electrons. The number of hydrogen-bond donors (Lipinski definition) is 2. The summed E-state index contributed by atoms with van der Waals surface area (Å²) in [7, 11) is 0. The van der Waals surface area contributed by atoms with Crippen LogP contribution < -0.4 is 5.32 Å². The SMILES string of the molecule is Cc1ccc(O)c(C(C)NCCc2ncon2)c1. The molecule has 0 aliphatic heterocycles. The average Bonchev–Trinajstić information content (AvgIpc) is 2.85. The van der Waals surface area contributed by atoms with Crippen molar-refractivity contribution in [2.75, 3.05) is 6.54 Å². The number of aromatic hydroxyl groups is 1. The molecule has 1 aromatic heterocycles. The lowest BCUT2D eigenvalue weighted by atomic mass is 10.0. The van der Waals surface area contributed by atoms with E-state index in [1.807, 2.05) is 26.0 Å². The van der Waals surface area contributed by atoms with Gasteiger partial charge < -0.3 is 14.9 Å². The van der Waals surface area contributed by atoms with E-state index in [1.165, 1.54) is 6.39 Å². The standard InChI is InChI=1S/C13H17N3O2/c1-9-3-4-12(17)11(7-9)10(2)14-6-5-13-15-8-18-16-13/h3-4,7-8,10,14,17H,5-6H2,1-2H3. The molecule has 0 saturated carbocycles. The van der Waals surface area contributed by atoms with E-state index in [0.717, 1.165) is 17.7 Å². The number of aromatic nitrogens is 2. The first-order valence-electron chi connectivity index (χ1n) is 5.95. The molecule has 0 aliphatic carbocycles. The Morgan fingerprint density at radius 1 is 1.44 bits per heavy atom. The largest absolute Gasteiger partial charge is 0.508 e. The molecule has 0 aliphatic rings. The minimum absolute atomic E-state index is 0.0804. The van der Waals surface area contributed by atoms with Gasteiger partial charge in [-0.3, -0.25) is 0 Å². The van der Waals surface area contributed by atoms with Crippen molar-refractivity contribution in [3.63, 3.8) is 0 Å². The molecule has 1 aromatic carbocycles. The molecule has 2 rings (SSSR count). The summed E-state index contributed by atoms with van der Waals surface area (Å²) in [6.07, 6.45) is 2.03. The predicted octanol–water partition coefficient (Wildman–Crippen LogP) is 1.98. The highest BCUT2D eigenvalue weighted by Crippen LogP contribution is 2.24. The Kier molecular flexibility index (Phi) is 3.94. The van der Waals surface area contributed by atoms with Gasteiger partial charge in [-0.05, 0) is 19.9 Å². The maximum atomic E-state index is 9.81. The van der Waals surface area contributed by atoms with Crippen LogP contribution in [0.2, 0.25) is 0 Å². The van der Waals surface area contributed by atoms with E-state index >= 15 is 0 Å². The van der Waals surface area contributed by atoms with Crippen LogP contribution in [0.15, 0.2) is 29.1 Å². The Labute approximate surface area is 106 Å². The number of nitrogens with zero attached hydrogens (tertiary/aromatic N) is 2. The molecule has 2 aromatic rings. The third kappa shape index (κ3) is 3.07. The third-order valence-electron chi connectivity index (χ3n) is 2.86. The molecule has 1 heterocycles. The monoisotopic (exact) mass is 247 g/mol. The second kappa shape index (κ2) is 5.64. The number of phenols is 1. The second-order valence-electron chi connectivity index (χ2n) is 4.34. The van der Waals surface area contributed by atoms with Gasteiger partial charge in [0.2, 0.25) is 6.39 Å². The molecule has 1 unspecified atom stereocenters. The van der Waals surface area contributed by atoms with Crippen LogP contribution >= 0.6 is 0 Å². The summed E-state index contributed by atoms with van der Waals surface area (Å²) in [6.45, 7) is 4.76. The third-order valence-corrected chi connectivity index (χ3v) is 2.86. The Morgan fingerprint density at radius 2 is 2.28 bits per heavy atom. The molecule has 0 amide bonds.